The van der Waals surface area contributed by atoms with Crippen LogP contribution in [0.2, 0.25) is 0 Å². The summed E-state index contributed by atoms with van der Waals surface area (Å²) in [4.78, 5) is 13.2. The number of carbonyl (C=O) groups excluding carboxylic acids is 1. The summed E-state index contributed by atoms with van der Waals surface area (Å²) < 4.78 is 2.08. The maximum Gasteiger partial charge on any atom is 0.245 e. The predicted octanol–water partition coefficient (Wildman–Crippen LogP) is 1.98. The van der Waals surface area contributed by atoms with E-state index in [1.54, 1.807) is 11.9 Å². The van der Waals surface area contributed by atoms with E-state index in [9.17, 15) is 4.79 Å². The molecule has 2 rings (SSSR count). The minimum Gasteiger partial charge on any atom is -0.338 e. The predicted molar refractivity (Wildman–Crippen MR) is 78.7 cm³/mol. The van der Waals surface area contributed by atoms with E-state index in [4.69, 9.17) is 0 Å². The molecule has 0 radical (unpaired) electrons. The van der Waals surface area contributed by atoms with Gasteiger partial charge in [0.15, 0.2) is 0 Å². The first kappa shape index (κ1) is 13.2. The van der Waals surface area contributed by atoms with E-state index in [1.807, 2.05) is 31.2 Å². The van der Waals surface area contributed by atoms with Crippen molar-refractivity contribution in [3.05, 3.63) is 48.7 Å². The lowest BCUT2D eigenvalue weighted by molar-refractivity contribution is -0.125. The number of benzene rings is 1. The molecule has 2 aromatic rings. The molecule has 4 nitrogen and oxygen atoms in total. The van der Waals surface area contributed by atoms with Crippen molar-refractivity contribution in [2.24, 2.45) is 0 Å². The Bertz CT molecular complexity index is 613. The van der Waals surface area contributed by atoms with Gasteiger partial charge in [-0.1, -0.05) is 24.8 Å². The van der Waals surface area contributed by atoms with E-state index in [0.29, 0.717) is 6.54 Å². The Kier molecular flexibility index (Phi) is 3.60. The van der Waals surface area contributed by atoms with Crippen LogP contribution in [0.1, 0.15) is 5.56 Å². The van der Waals surface area contributed by atoms with Crippen LogP contribution in [0.3, 0.4) is 0 Å². The molecule has 19 heavy (non-hydrogen) atoms. The highest BCUT2D eigenvalue weighted by molar-refractivity contribution is 5.88. The highest BCUT2D eigenvalue weighted by Crippen LogP contribution is 2.22. The van der Waals surface area contributed by atoms with Crippen molar-refractivity contribution < 1.29 is 4.79 Å². The molecule has 0 aliphatic rings. The molecular formula is C15H19N3O. The van der Waals surface area contributed by atoms with Crippen LogP contribution in [0, 0.1) is 0 Å². The molecule has 0 fully saturated rings. The Morgan fingerprint density at radius 1 is 1.32 bits per heavy atom. The van der Waals surface area contributed by atoms with Gasteiger partial charge in [0.2, 0.25) is 5.91 Å². The molecule has 0 spiro atoms. The topological polar surface area (TPSA) is 28.5 Å². The lowest BCUT2D eigenvalue weighted by Crippen LogP contribution is -2.25. The van der Waals surface area contributed by atoms with E-state index in [2.05, 4.69) is 29.6 Å². The second-order valence-corrected chi connectivity index (χ2v) is 4.76. The Balaban J connectivity index is 2.43. The maximum atomic E-state index is 11.6. The third kappa shape index (κ3) is 2.47. The average molecular weight is 257 g/mol. The smallest absolute Gasteiger partial charge is 0.245 e. The second kappa shape index (κ2) is 5.18. The number of likely N-dealkylation sites (N-methyl/N-ethyl adjacent to an activating group) is 1. The zero-order chi connectivity index (χ0) is 14.0. The van der Waals surface area contributed by atoms with Gasteiger partial charge in [0.1, 0.15) is 0 Å². The standard InChI is InChI=1S/C15H19N3O/c1-5-15(19)17(4)10-12-11-18(16(2)3)14-9-7-6-8-13(12)14/h5-9,11H,1,10H2,2-4H3. The third-order valence-corrected chi connectivity index (χ3v) is 3.16. The van der Waals surface area contributed by atoms with Crippen molar-refractivity contribution >= 4 is 16.8 Å². The Hall–Kier alpha value is -2.23. The lowest BCUT2D eigenvalue weighted by atomic mass is 10.1. The first-order chi connectivity index (χ1) is 9.04. The van der Waals surface area contributed by atoms with Gasteiger partial charge in [-0.25, -0.2) is 0 Å². The fraction of sp³-hybridized carbons (Fsp3) is 0.267. The van der Waals surface area contributed by atoms with Crippen LogP contribution in [-0.4, -0.2) is 36.6 Å². The second-order valence-electron chi connectivity index (χ2n) is 4.76. The van der Waals surface area contributed by atoms with Crippen LogP contribution in [0.15, 0.2) is 43.1 Å². The largest absolute Gasteiger partial charge is 0.338 e. The molecule has 0 bridgehead atoms. The number of hydrogen-bond donors (Lipinski definition) is 0. The third-order valence-electron chi connectivity index (χ3n) is 3.16. The molecule has 0 aliphatic heterocycles. The average Bonchev–Trinajstić information content (AvgIpc) is 2.77. The Morgan fingerprint density at radius 2 is 2.00 bits per heavy atom. The Morgan fingerprint density at radius 3 is 2.63 bits per heavy atom. The van der Waals surface area contributed by atoms with Gasteiger partial charge in [0.25, 0.3) is 0 Å². The first-order valence-corrected chi connectivity index (χ1v) is 6.18. The monoisotopic (exact) mass is 257 g/mol. The van der Waals surface area contributed by atoms with Gasteiger partial charge in [-0.15, -0.1) is 0 Å². The summed E-state index contributed by atoms with van der Waals surface area (Å²) in [5.74, 6) is -0.0679. The van der Waals surface area contributed by atoms with Gasteiger partial charge < -0.3 is 9.91 Å². The molecule has 1 aromatic carbocycles. The summed E-state index contributed by atoms with van der Waals surface area (Å²) >= 11 is 0. The van der Waals surface area contributed by atoms with Crippen molar-refractivity contribution in [3.63, 3.8) is 0 Å². The summed E-state index contributed by atoms with van der Waals surface area (Å²) in [6, 6.07) is 8.19. The molecule has 1 aromatic heterocycles. The first-order valence-electron chi connectivity index (χ1n) is 6.18. The van der Waals surface area contributed by atoms with Crippen molar-refractivity contribution in [3.8, 4) is 0 Å². The molecule has 0 N–H and O–H groups in total. The molecule has 0 aliphatic carbocycles. The number of fused-ring (bicyclic) bond motifs is 1. The summed E-state index contributed by atoms with van der Waals surface area (Å²) in [7, 11) is 5.77. The zero-order valence-electron chi connectivity index (χ0n) is 11.6. The maximum absolute atomic E-state index is 11.6. The van der Waals surface area contributed by atoms with E-state index in [0.717, 1.165) is 11.1 Å². The van der Waals surface area contributed by atoms with E-state index < -0.39 is 0 Å². The highest BCUT2D eigenvalue weighted by atomic mass is 16.2. The summed E-state index contributed by atoms with van der Waals surface area (Å²) in [5.41, 5.74) is 2.27. The number of hydrogen-bond acceptors (Lipinski definition) is 2. The fourth-order valence-corrected chi connectivity index (χ4v) is 2.18. The molecule has 4 heteroatoms. The lowest BCUT2D eigenvalue weighted by Gasteiger charge is -2.16. The molecule has 1 amide bonds. The van der Waals surface area contributed by atoms with E-state index in [1.165, 1.54) is 11.5 Å². The van der Waals surface area contributed by atoms with Crippen LogP contribution >= 0.6 is 0 Å². The molecule has 0 saturated heterocycles. The summed E-state index contributed by atoms with van der Waals surface area (Å²) in [6.45, 7) is 4.09. The summed E-state index contributed by atoms with van der Waals surface area (Å²) in [6.07, 6.45) is 3.41. The van der Waals surface area contributed by atoms with Crippen molar-refractivity contribution in [2.75, 3.05) is 26.2 Å². The SMILES string of the molecule is C=CC(=O)N(C)Cc1cn(N(C)C)c2ccccc12. The van der Waals surface area contributed by atoms with Crippen LogP contribution < -0.4 is 5.01 Å². The van der Waals surface area contributed by atoms with Crippen LogP contribution in [0.4, 0.5) is 0 Å². The van der Waals surface area contributed by atoms with Gasteiger partial charge >= 0.3 is 0 Å². The molecule has 0 atom stereocenters. The van der Waals surface area contributed by atoms with Crippen molar-refractivity contribution in [1.82, 2.24) is 9.58 Å². The quantitative estimate of drug-likeness (QED) is 0.784. The van der Waals surface area contributed by atoms with Gasteiger partial charge in [0, 0.05) is 39.3 Å². The number of para-hydroxylation sites is 1. The van der Waals surface area contributed by atoms with Crippen LogP contribution in [0.5, 0.6) is 0 Å². The normalized spacial score (nSPS) is 10.5. The van der Waals surface area contributed by atoms with Crippen molar-refractivity contribution in [2.45, 2.75) is 6.54 Å². The molecular weight excluding hydrogens is 238 g/mol. The summed E-state index contributed by atoms with van der Waals surface area (Å²) in [5, 5.41) is 3.18. The number of nitrogens with zero attached hydrogens (tertiary/aromatic N) is 3. The zero-order valence-corrected chi connectivity index (χ0v) is 11.6. The van der Waals surface area contributed by atoms with Crippen molar-refractivity contribution in [1.29, 1.82) is 0 Å². The number of carbonyl (C=O) groups is 1. The fourth-order valence-electron chi connectivity index (χ4n) is 2.18. The van der Waals surface area contributed by atoms with Crippen LogP contribution in [-0.2, 0) is 11.3 Å². The minimum absolute atomic E-state index is 0.0679. The van der Waals surface area contributed by atoms with Gasteiger partial charge in [-0.05, 0) is 17.7 Å². The minimum atomic E-state index is -0.0679. The van der Waals surface area contributed by atoms with Gasteiger partial charge in [-0.3, -0.25) is 9.47 Å². The van der Waals surface area contributed by atoms with Gasteiger partial charge in [-0.2, -0.15) is 0 Å². The number of aromatic nitrogens is 1. The van der Waals surface area contributed by atoms with E-state index in [-0.39, 0.29) is 5.91 Å². The highest BCUT2D eigenvalue weighted by Gasteiger charge is 2.12. The number of rotatable bonds is 4. The molecule has 100 valence electrons. The molecule has 0 saturated carbocycles. The number of amides is 1. The van der Waals surface area contributed by atoms with Gasteiger partial charge in [0.05, 0.1) is 5.52 Å². The van der Waals surface area contributed by atoms with Crippen LogP contribution in [0.25, 0.3) is 10.9 Å². The van der Waals surface area contributed by atoms with E-state index >= 15 is 0 Å². The Labute approximate surface area is 113 Å². The molecule has 1 heterocycles. The molecule has 0 unspecified atom stereocenters.